The van der Waals surface area contributed by atoms with Crippen molar-refractivity contribution in [3.8, 4) is 5.75 Å². The fourth-order valence-corrected chi connectivity index (χ4v) is 2.85. The maximum absolute atomic E-state index is 11.2. The molecule has 0 aliphatic rings. The molecule has 0 aliphatic heterocycles. The van der Waals surface area contributed by atoms with E-state index in [2.05, 4.69) is 5.32 Å². The molecule has 0 amide bonds. The highest BCUT2D eigenvalue weighted by molar-refractivity contribution is 7.90. The van der Waals surface area contributed by atoms with Crippen LogP contribution >= 0.6 is 11.6 Å². The monoisotopic (exact) mass is 291 g/mol. The molecule has 1 aromatic rings. The first kappa shape index (κ1) is 15.1. The second kappa shape index (κ2) is 5.80. The van der Waals surface area contributed by atoms with Crippen molar-refractivity contribution in [2.24, 2.45) is 0 Å². The van der Waals surface area contributed by atoms with Crippen LogP contribution in [0.2, 0.25) is 5.02 Å². The van der Waals surface area contributed by atoms with Gasteiger partial charge in [0.1, 0.15) is 15.6 Å². The number of ether oxygens (including phenoxy) is 1. The lowest BCUT2D eigenvalue weighted by Gasteiger charge is -2.18. The van der Waals surface area contributed by atoms with E-state index in [0.717, 1.165) is 11.3 Å². The number of nitrogens with one attached hydrogen (secondary N) is 1. The molecule has 1 aromatic carbocycles. The van der Waals surface area contributed by atoms with Crippen LogP contribution in [0, 0.1) is 6.92 Å². The normalized spacial score (nSPS) is 13.2. The lowest BCUT2D eigenvalue weighted by molar-refractivity contribution is 0.416. The van der Waals surface area contributed by atoms with Gasteiger partial charge in [0.2, 0.25) is 0 Å². The van der Waals surface area contributed by atoms with Crippen LogP contribution in [-0.4, -0.2) is 33.6 Å². The third-order valence-corrected chi connectivity index (χ3v) is 3.95. The number of aryl methyl sites for hydroxylation is 1. The van der Waals surface area contributed by atoms with E-state index in [0.29, 0.717) is 10.8 Å². The van der Waals surface area contributed by atoms with Crippen LogP contribution in [0.5, 0.6) is 5.75 Å². The Bertz CT molecular complexity index is 528. The van der Waals surface area contributed by atoms with E-state index < -0.39 is 9.84 Å². The number of anilines is 1. The van der Waals surface area contributed by atoms with Crippen LogP contribution < -0.4 is 10.1 Å². The average molecular weight is 292 g/mol. The fraction of sp³-hybridized carbons (Fsp3) is 0.500. The maximum atomic E-state index is 11.2. The molecule has 1 atom stereocenters. The summed E-state index contributed by atoms with van der Waals surface area (Å²) in [4.78, 5) is 0. The van der Waals surface area contributed by atoms with Gasteiger partial charge in [0.15, 0.2) is 0 Å². The van der Waals surface area contributed by atoms with Crippen LogP contribution in [0.4, 0.5) is 5.69 Å². The number of benzene rings is 1. The van der Waals surface area contributed by atoms with E-state index in [1.54, 1.807) is 13.2 Å². The molecule has 0 spiro atoms. The molecule has 1 unspecified atom stereocenters. The van der Waals surface area contributed by atoms with Crippen LogP contribution in [0.25, 0.3) is 0 Å². The maximum Gasteiger partial charge on any atom is 0.149 e. The molecule has 18 heavy (non-hydrogen) atoms. The van der Waals surface area contributed by atoms with Crippen molar-refractivity contribution in [3.05, 3.63) is 22.7 Å². The lowest BCUT2D eigenvalue weighted by atomic mass is 10.2. The SMILES string of the molecule is COc1cc(Cl)c(C)cc1NC(C)CS(C)(=O)=O. The Balaban J connectivity index is 2.93. The first-order chi connectivity index (χ1) is 8.23. The van der Waals surface area contributed by atoms with E-state index in [1.165, 1.54) is 6.26 Å². The van der Waals surface area contributed by atoms with Crippen molar-refractivity contribution >= 4 is 27.1 Å². The van der Waals surface area contributed by atoms with E-state index in [4.69, 9.17) is 16.3 Å². The van der Waals surface area contributed by atoms with Gasteiger partial charge >= 0.3 is 0 Å². The number of hydrogen-bond acceptors (Lipinski definition) is 4. The number of hydrogen-bond donors (Lipinski definition) is 1. The highest BCUT2D eigenvalue weighted by atomic mass is 35.5. The van der Waals surface area contributed by atoms with Gasteiger partial charge in [0.05, 0.1) is 18.6 Å². The van der Waals surface area contributed by atoms with E-state index in [-0.39, 0.29) is 11.8 Å². The molecule has 4 nitrogen and oxygen atoms in total. The molecular weight excluding hydrogens is 274 g/mol. The molecule has 1 rings (SSSR count). The number of methoxy groups -OCH3 is 1. The summed E-state index contributed by atoms with van der Waals surface area (Å²) in [5, 5.41) is 3.74. The largest absolute Gasteiger partial charge is 0.495 e. The summed E-state index contributed by atoms with van der Waals surface area (Å²) in [6.45, 7) is 3.69. The molecule has 0 radical (unpaired) electrons. The smallest absolute Gasteiger partial charge is 0.149 e. The first-order valence-corrected chi connectivity index (χ1v) is 7.95. The summed E-state index contributed by atoms with van der Waals surface area (Å²) in [6, 6.07) is 3.36. The first-order valence-electron chi connectivity index (χ1n) is 5.51. The van der Waals surface area contributed by atoms with Crippen molar-refractivity contribution < 1.29 is 13.2 Å². The predicted octanol–water partition coefficient (Wildman–Crippen LogP) is 2.50. The molecule has 0 saturated carbocycles. The fourth-order valence-electron chi connectivity index (χ4n) is 1.71. The summed E-state index contributed by atoms with van der Waals surface area (Å²) in [6.07, 6.45) is 1.22. The van der Waals surface area contributed by atoms with Gasteiger partial charge in [-0.2, -0.15) is 0 Å². The Morgan fingerprint density at radius 2 is 2.06 bits per heavy atom. The average Bonchev–Trinajstić information content (AvgIpc) is 2.20. The third kappa shape index (κ3) is 4.38. The van der Waals surface area contributed by atoms with Gasteiger partial charge < -0.3 is 10.1 Å². The van der Waals surface area contributed by atoms with Crippen LogP contribution in [0.1, 0.15) is 12.5 Å². The van der Waals surface area contributed by atoms with Crippen molar-refractivity contribution in [3.63, 3.8) is 0 Å². The minimum absolute atomic E-state index is 0.0673. The van der Waals surface area contributed by atoms with Gasteiger partial charge in [0, 0.05) is 23.4 Å². The quantitative estimate of drug-likeness (QED) is 0.905. The molecule has 0 aliphatic carbocycles. The van der Waals surface area contributed by atoms with Crippen molar-refractivity contribution in [2.75, 3.05) is 24.4 Å². The summed E-state index contributed by atoms with van der Waals surface area (Å²) < 4.78 is 27.6. The molecule has 0 bridgehead atoms. The standard InChI is InChI=1S/C12H18ClNO3S/c1-8-5-11(12(17-3)6-10(8)13)14-9(2)7-18(4,15)16/h5-6,9,14H,7H2,1-4H3. The molecule has 102 valence electrons. The van der Waals surface area contributed by atoms with Crippen molar-refractivity contribution in [1.29, 1.82) is 0 Å². The number of sulfone groups is 1. The van der Waals surface area contributed by atoms with Crippen LogP contribution in [0.15, 0.2) is 12.1 Å². The minimum atomic E-state index is -3.01. The van der Waals surface area contributed by atoms with Gasteiger partial charge in [-0.15, -0.1) is 0 Å². The zero-order valence-corrected chi connectivity index (χ0v) is 12.5. The van der Waals surface area contributed by atoms with Gasteiger partial charge in [-0.05, 0) is 25.5 Å². The minimum Gasteiger partial charge on any atom is -0.495 e. The Morgan fingerprint density at radius 1 is 1.44 bits per heavy atom. The Hall–Kier alpha value is -0.940. The van der Waals surface area contributed by atoms with Crippen LogP contribution in [-0.2, 0) is 9.84 Å². The van der Waals surface area contributed by atoms with Crippen LogP contribution in [0.3, 0.4) is 0 Å². The molecule has 0 heterocycles. The predicted molar refractivity (Wildman–Crippen MR) is 75.5 cm³/mol. The van der Waals surface area contributed by atoms with Gasteiger partial charge in [0.25, 0.3) is 0 Å². The zero-order chi connectivity index (χ0) is 13.9. The van der Waals surface area contributed by atoms with E-state index in [1.807, 2.05) is 19.9 Å². The molecule has 0 fully saturated rings. The van der Waals surface area contributed by atoms with E-state index in [9.17, 15) is 8.42 Å². The molecule has 0 saturated heterocycles. The number of rotatable bonds is 5. The van der Waals surface area contributed by atoms with Gasteiger partial charge in [-0.3, -0.25) is 0 Å². The Kier molecular flexibility index (Phi) is 4.87. The summed E-state index contributed by atoms with van der Waals surface area (Å²) >= 11 is 6.00. The topological polar surface area (TPSA) is 55.4 Å². The lowest BCUT2D eigenvalue weighted by Crippen LogP contribution is -2.25. The third-order valence-electron chi connectivity index (χ3n) is 2.44. The Morgan fingerprint density at radius 3 is 2.56 bits per heavy atom. The molecule has 1 N–H and O–H groups in total. The van der Waals surface area contributed by atoms with Gasteiger partial charge in [-0.25, -0.2) is 8.42 Å². The van der Waals surface area contributed by atoms with Crippen molar-refractivity contribution in [2.45, 2.75) is 19.9 Å². The summed E-state index contributed by atoms with van der Waals surface area (Å²) in [5.41, 5.74) is 1.65. The molecule has 6 heteroatoms. The van der Waals surface area contributed by atoms with Gasteiger partial charge in [-0.1, -0.05) is 11.6 Å². The van der Waals surface area contributed by atoms with Crippen molar-refractivity contribution in [1.82, 2.24) is 0 Å². The Labute approximate surface area is 113 Å². The summed E-state index contributed by atoms with van der Waals surface area (Å²) in [5.74, 6) is 0.670. The van der Waals surface area contributed by atoms with E-state index >= 15 is 0 Å². The highest BCUT2D eigenvalue weighted by Gasteiger charge is 2.13. The highest BCUT2D eigenvalue weighted by Crippen LogP contribution is 2.31. The number of halogens is 1. The zero-order valence-electron chi connectivity index (χ0n) is 11.0. The second-order valence-corrected chi connectivity index (χ2v) is 7.03. The second-order valence-electron chi connectivity index (χ2n) is 4.44. The molecule has 0 aromatic heterocycles. The molecular formula is C12H18ClNO3S. The summed E-state index contributed by atoms with van der Waals surface area (Å²) in [7, 11) is -1.46.